The second-order valence-corrected chi connectivity index (χ2v) is 12.9. The van der Waals surface area contributed by atoms with Gasteiger partial charge in [-0.2, -0.15) is 0 Å². The molecule has 0 aromatic heterocycles. The van der Waals surface area contributed by atoms with E-state index in [1.165, 1.54) is 128 Å². The number of hydrogen-bond donors (Lipinski definition) is 4. The van der Waals surface area contributed by atoms with Crippen molar-refractivity contribution in [1.29, 1.82) is 0 Å². The van der Waals surface area contributed by atoms with Crippen molar-refractivity contribution in [1.82, 2.24) is 0 Å². The van der Waals surface area contributed by atoms with Crippen LogP contribution in [0.25, 0.3) is 0 Å². The maximum Gasteiger partial charge on any atom is 2.00 e. The molecular formula is C36H70MgO8. The first-order valence-corrected chi connectivity index (χ1v) is 18.3. The van der Waals surface area contributed by atoms with E-state index >= 15 is 0 Å². The van der Waals surface area contributed by atoms with Gasteiger partial charge in [-0.3, -0.25) is 0 Å². The predicted molar refractivity (Wildman–Crippen MR) is 180 cm³/mol. The van der Waals surface area contributed by atoms with Crippen molar-refractivity contribution in [2.24, 2.45) is 0 Å². The summed E-state index contributed by atoms with van der Waals surface area (Å²) in [6.45, 7) is 4.49. The molecule has 0 atom stereocenters. The summed E-state index contributed by atoms with van der Waals surface area (Å²) in [5.41, 5.74) is 0. The topological polar surface area (TPSA) is 161 Å². The Hall–Kier alpha value is -0.454. The minimum Gasteiger partial charge on any atom is -0.544 e. The molecule has 0 aliphatic rings. The van der Waals surface area contributed by atoms with Crippen LogP contribution in [0.2, 0.25) is 0 Å². The third-order valence-corrected chi connectivity index (χ3v) is 8.41. The Bertz CT molecular complexity index is 589. The summed E-state index contributed by atoms with van der Waals surface area (Å²) >= 11 is 0. The average Bonchev–Trinajstić information content (AvgIpc) is 2.97. The van der Waals surface area contributed by atoms with E-state index in [2.05, 4.69) is 13.8 Å². The SMILES string of the molecule is CCCCCCCCCCCCCCCCC(O)(O)C(=O)[O-].CCCCCCCCCCCCCCCCC(O)(O)C(=O)[O-].[Mg+2]. The molecule has 0 rings (SSSR count). The fraction of sp³-hybridized carbons (Fsp3) is 0.944. The molecule has 0 aromatic carbocycles. The molecule has 0 aromatic rings. The third kappa shape index (κ3) is 36.2. The van der Waals surface area contributed by atoms with Crippen LogP contribution < -0.4 is 10.2 Å². The van der Waals surface area contributed by atoms with Crippen LogP contribution in [0.5, 0.6) is 0 Å². The second-order valence-electron chi connectivity index (χ2n) is 12.9. The quantitative estimate of drug-likeness (QED) is 0.0379. The van der Waals surface area contributed by atoms with Crippen LogP contribution in [0.4, 0.5) is 0 Å². The summed E-state index contributed by atoms with van der Waals surface area (Å²) in [5, 5.41) is 57.1. The van der Waals surface area contributed by atoms with Crippen LogP contribution in [-0.4, -0.2) is 67.0 Å². The number of aliphatic hydroxyl groups is 4. The molecular weight excluding hydrogens is 585 g/mol. The zero-order chi connectivity index (χ0) is 33.4. The van der Waals surface area contributed by atoms with Gasteiger partial charge in [-0.15, -0.1) is 0 Å². The number of carbonyl (C=O) groups is 2. The van der Waals surface area contributed by atoms with Crippen molar-refractivity contribution in [2.45, 2.75) is 218 Å². The van der Waals surface area contributed by atoms with Crippen LogP contribution in [0.15, 0.2) is 0 Å². The molecule has 0 fully saturated rings. The average molecular weight is 655 g/mol. The van der Waals surface area contributed by atoms with Gasteiger partial charge >= 0.3 is 23.1 Å². The summed E-state index contributed by atoms with van der Waals surface area (Å²) in [7, 11) is 0. The molecule has 0 saturated carbocycles. The zero-order valence-corrected chi connectivity index (χ0v) is 30.8. The molecule has 0 unspecified atom stereocenters. The van der Waals surface area contributed by atoms with E-state index < -0.39 is 23.5 Å². The van der Waals surface area contributed by atoms with Crippen LogP contribution in [0, 0.1) is 0 Å². The van der Waals surface area contributed by atoms with Gasteiger partial charge in [0, 0.05) is 12.8 Å². The number of carbonyl (C=O) groups excluding carboxylic acids is 2. The molecule has 8 nitrogen and oxygen atoms in total. The van der Waals surface area contributed by atoms with Crippen molar-refractivity contribution < 1.29 is 40.2 Å². The minimum atomic E-state index is -2.66. The molecule has 4 N–H and O–H groups in total. The molecule has 0 aliphatic carbocycles. The van der Waals surface area contributed by atoms with Crippen LogP contribution in [0.3, 0.4) is 0 Å². The van der Waals surface area contributed by atoms with E-state index in [4.69, 9.17) is 20.4 Å². The maximum atomic E-state index is 10.4. The summed E-state index contributed by atoms with van der Waals surface area (Å²) < 4.78 is 0. The molecule has 0 spiro atoms. The molecule has 0 aliphatic heterocycles. The van der Waals surface area contributed by atoms with Gasteiger partial charge in [0.25, 0.3) is 0 Å². The first kappa shape index (κ1) is 48.9. The Labute approximate surface area is 292 Å². The number of carboxylic acids is 2. The predicted octanol–water partition coefficient (Wildman–Crippen LogP) is 6.20. The Morgan fingerprint density at radius 1 is 0.378 bits per heavy atom. The normalized spacial score (nSPS) is 11.5. The number of hydrogen-bond acceptors (Lipinski definition) is 8. The monoisotopic (exact) mass is 654 g/mol. The zero-order valence-electron chi connectivity index (χ0n) is 29.3. The molecule has 45 heavy (non-hydrogen) atoms. The van der Waals surface area contributed by atoms with Gasteiger partial charge in [-0.25, -0.2) is 0 Å². The summed E-state index contributed by atoms with van der Waals surface area (Å²) in [6, 6.07) is 0. The molecule has 0 saturated heterocycles. The van der Waals surface area contributed by atoms with E-state index in [0.29, 0.717) is 12.8 Å². The molecule has 0 radical (unpaired) electrons. The fourth-order valence-electron chi connectivity index (χ4n) is 5.34. The molecule has 0 amide bonds. The van der Waals surface area contributed by atoms with Gasteiger partial charge in [0.1, 0.15) is 11.9 Å². The third-order valence-electron chi connectivity index (χ3n) is 8.41. The Morgan fingerprint density at radius 2 is 0.533 bits per heavy atom. The van der Waals surface area contributed by atoms with Crippen molar-refractivity contribution in [3.05, 3.63) is 0 Å². The van der Waals surface area contributed by atoms with Gasteiger partial charge in [0.2, 0.25) is 11.6 Å². The number of carboxylic acid groups (broad SMARTS) is 2. The number of rotatable bonds is 32. The second kappa shape index (κ2) is 34.9. The molecule has 9 heteroatoms. The number of unbranched alkanes of at least 4 members (excludes halogenated alkanes) is 26. The summed E-state index contributed by atoms with van der Waals surface area (Å²) in [4.78, 5) is 20.7. The standard InChI is InChI=1S/2C18H36O4.Mg/c2*1-2-3-4-5-6-7-8-9-10-11-12-13-14-15-16-18(21,22)17(19)20;/h2*21-22H,2-16H2,1H3,(H,19,20);/q;;+2/p-2. The minimum absolute atomic E-state index is 0. The van der Waals surface area contributed by atoms with E-state index in [1.54, 1.807) is 0 Å². The van der Waals surface area contributed by atoms with Crippen LogP contribution >= 0.6 is 0 Å². The first-order valence-electron chi connectivity index (χ1n) is 18.3. The van der Waals surface area contributed by atoms with Crippen LogP contribution in [-0.2, 0) is 9.59 Å². The Kier molecular flexibility index (Phi) is 37.9. The Balaban J connectivity index is -0.000000767. The largest absolute Gasteiger partial charge is 2.00 e. The Morgan fingerprint density at radius 3 is 0.689 bits per heavy atom. The first-order chi connectivity index (χ1) is 21.0. The molecule has 0 bridgehead atoms. The van der Waals surface area contributed by atoms with E-state index in [0.717, 1.165) is 38.5 Å². The summed E-state index contributed by atoms with van der Waals surface area (Å²) in [6.07, 6.45) is 33.5. The van der Waals surface area contributed by atoms with Crippen molar-refractivity contribution in [2.75, 3.05) is 0 Å². The van der Waals surface area contributed by atoms with Crippen molar-refractivity contribution in [3.63, 3.8) is 0 Å². The maximum absolute atomic E-state index is 10.4. The van der Waals surface area contributed by atoms with Gasteiger partial charge in [0.05, 0.1) is 0 Å². The van der Waals surface area contributed by atoms with E-state index in [-0.39, 0.29) is 35.9 Å². The fourth-order valence-corrected chi connectivity index (χ4v) is 5.34. The van der Waals surface area contributed by atoms with Crippen molar-refractivity contribution >= 4 is 35.0 Å². The van der Waals surface area contributed by atoms with E-state index in [9.17, 15) is 19.8 Å². The smallest absolute Gasteiger partial charge is 0.544 e. The summed E-state index contributed by atoms with van der Waals surface area (Å²) in [5.74, 6) is -8.92. The molecule has 264 valence electrons. The van der Waals surface area contributed by atoms with Gasteiger partial charge in [-0.1, -0.05) is 181 Å². The van der Waals surface area contributed by atoms with E-state index in [1.807, 2.05) is 0 Å². The van der Waals surface area contributed by atoms with Gasteiger partial charge < -0.3 is 40.2 Å². The van der Waals surface area contributed by atoms with Crippen molar-refractivity contribution in [3.8, 4) is 0 Å². The van der Waals surface area contributed by atoms with Crippen LogP contribution in [0.1, 0.15) is 206 Å². The van der Waals surface area contributed by atoms with Gasteiger partial charge in [-0.05, 0) is 12.8 Å². The molecule has 0 heterocycles. The number of aliphatic carboxylic acids is 2. The van der Waals surface area contributed by atoms with Gasteiger partial charge in [0.15, 0.2) is 0 Å².